The first kappa shape index (κ1) is 27.9. The number of hydrogen-bond donors (Lipinski definition) is 2. The van der Waals surface area contributed by atoms with Crippen LogP contribution in [-0.2, 0) is 14.3 Å². The van der Waals surface area contributed by atoms with Crippen LogP contribution in [0.15, 0.2) is 48.0 Å². The molecule has 194 valence electrons. The molecule has 0 aromatic heterocycles. The van der Waals surface area contributed by atoms with Gasteiger partial charge in [0.05, 0.1) is 50.6 Å². The van der Waals surface area contributed by atoms with Gasteiger partial charge in [-0.25, -0.2) is 4.79 Å². The number of esters is 1. The highest BCUT2D eigenvalue weighted by molar-refractivity contribution is 5.88. The highest BCUT2D eigenvalue weighted by Crippen LogP contribution is 2.38. The molecule has 2 aliphatic rings. The van der Waals surface area contributed by atoms with Crippen LogP contribution in [0.2, 0.25) is 0 Å². The smallest absolute Gasteiger partial charge is 0.356 e. The van der Waals surface area contributed by atoms with Gasteiger partial charge in [-0.05, 0) is 25.0 Å². The van der Waals surface area contributed by atoms with E-state index in [-0.39, 0.29) is 5.70 Å². The van der Waals surface area contributed by atoms with Crippen molar-refractivity contribution >= 4 is 17.3 Å². The topological polar surface area (TPSA) is 113 Å². The molecule has 0 saturated carbocycles. The summed E-state index contributed by atoms with van der Waals surface area (Å²) in [4.78, 5) is 15.1. The van der Waals surface area contributed by atoms with Crippen molar-refractivity contribution in [1.82, 2.24) is 4.90 Å². The van der Waals surface area contributed by atoms with E-state index < -0.39 is 5.97 Å². The Morgan fingerprint density at radius 2 is 1.77 bits per heavy atom. The molecule has 0 aliphatic carbocycles. The van der Waals surface area contributed by atoms with Crippen molar-refractivity contribution in [1.29, 1.82) is 0 Å². The number of nitrogens with two attached hydrogens (primary N) is 2. The van der Waals surface area contributed by atoms with Crippen molar-refractivity contribution < 1.29 is 23.7 Å². The van der Waals surface area contributed by atoms with Gasteiger partial charge in [-0.15, -0.1) is 0 Å². The largest absolute Gasteiger partial charge is 0.491 e. The fourth-order valence-corrected chi connectivity index (χ4v) is 3.41. The number of carbonyl (C=O) groups is 1. The second kappa shape index (κ2) is 14.8. The van der Waals surface area contributed by atoms with Crippen LogP contribution < -0.4 is 25.8 Å². The molecule has 1 saturated heterocycles. The number of anilines is 2. The molecule has 0 unspecified atom stereocenters. The molecule has 35 heavy (non-hydrogen) atoms. The van der Waals surface area contributed by atoms with Gasteiger partial charge in [-0.3, -0.25) is 0 Å². The number of hydrogen-bond acceptors (Lipinski definition) is 9. The van der Waals surface area contributed by atoms with E-state index in [1.54, 1.807) is 11.0 Å². The molecule has 1 aromatic carbocycles. The summed E-state index contributed by atoms with van der Waals surface area (Å²) in [6.45, 7) is 8.83. The van der Waals surface area contributed by atoms with E-state index in [0.717, 1.165) is 62.8 Å². The number of likely N-dealkylation sites (N-methyl/N-ethyl adjacent to an activating group) is 1. The number of morpholine rings is 1. The molecule has 3 rings (SSSR count). The number of rotatable bonds is 9. The van der Waals surface area contributed by atoms with Crippen molar-refractivity contribution in [2.75, 3.05) is 64.3 Å². The van der Waals surface area contributed by atoms with E-state index in [4.69, 9.17) is 25.7 Å². The van der Waals surface area contributed by atoms with Crippen LogP contribution in [0.3, 0.4) is 0 Å². The molecule has 0 spiro atoms. The Morgan fingerprint density at radius 3 is 2.40 bits per heavy atom. The maximum absolute atomic E-state index is 11.1. The fraction of sp³-hybridized carbons (Fsp3) is 0.500. The number of ether oxygens (including phenoxy) is 4. The fourth-order valence-electron chi connectivity index (χ4n) is 3.41. The predicted molar refractivity (Wildman–Crippen MR) is 139 cm³/mol. The van der Waals surface area contributed by atoms with E-state index in [1.165, 1.54) is 7.11 Å². The minimum Gasteiger partial charge on any atom is -0.491 e. The van der Waals surface area contributed by atoms with E-state index >= 15 is 0 Å². The third-order valence-electron chi connectivity index (χ3n) is 5.40. The van der Waals surface area contributed by atoms with Gasteiger partial charge in [0.25, 0.3) is 0 Å². The van der Waals surface area contributed by atoms with Crippen LogP contribution in [-0.4, -0.2) is 64.5 Å². The van der Waals surface area contributed by atoms with Crippen molar-refractivity contribution in [2.24, 2.45) is 5.73 Å². The summed E-state index contributed by atoms with van der Waals surface area (Å²) in [6, 6.07) is 3.91. The first-order chi connectivity index (χ1) is 16.9. The monoisotopic (exact) mass is 488 g/mol. The summed E-state index contributed by atoms with van der Waals surface area (Å²) < 4.78 is 21.7. The predicted octanol–water partition coefficient (Wildman–Crippen LogP) is 3.42. The number of nitrogen functional groups attached to an aromatic ring is 1. The number of allylic oxidation sites excluding steroid dienone is 3. The molecule has 2 heterocycles. The van der Waals surface area contributed by atoms with Crippen molar-refractivity contribution in [3.63, 3.8) is 0 Å². The summed E-state index contributed by atoms with van der Waals surface area (Å²) >= 11 is 0. The standard InChI is InChI=1S/C17H28N2O3.C9H12N2O2/c1-3-5-9-22-16-13-15(19-6-10-20-11-7-19)17(12-14(16)18)21-8-4-2;1-11-6-4-3-5-7(11)8(10)9(12)13-2/h12-13H,3-11,18H2,1-2H3;3-6H,10H2,1-2H3/b;8-7-. The van der Waals surface area contributed by atoms with Crippen molar-refractivity contribution in [3.8, 4) is 11.5 Å². The summed E-state index contributed by atoms with van der Waals surface area (Å²) in [6.07, 6.45) is 10.3. The summed E-state index contributed by atoms with van der Waals surface area (Å²) in [5, 5.41) is 0. The molecule has 1 aromatic rings. The second-order valence-electron chi connectivity index (χ2n) is 8.11. The van der Waals surface area contributed by atoms with E-state index in [9.17, 15) is 4.79 Å². The molecule has 1 fully saturated rings. The van der Waals surface area contributed by atoms with Gasteiger partial charge in [-0.2, -0.15) is 0 Å². The normalized spacial score (nSPS) is 16.3. The molecule has 0 amide bonds. The minimum atomic E-state index is -0.512. The van der Waals surface area contributed by atoms with Crippen molar-refractivity contribution in [3.05, 3.63) is 48.0 Å². The third-order valence-corrected chi connectivity index (χ3v) is 5.40. The number of benzene rings is 1. The summed E-state index contributed by atoms with van der Waals surface area (Å²) in [5.41, 5.74) is 14.2. The Bertz CT molecular complexity index is 907. The molecule has 4 N–H and O–H groups in total. The van der Waals surface area contributed by atoms with E-state index in [1.807, 2.05) is 37.5 Å². The van der Waals surface area contributed by atoms with Gasteiger partial charge in [0, 0.05) is 38.5 Å². The Balaban J connectivity index is 0.000000283. The molecular weight excluding hydrogens is 448 g/mol. The summed E-state index contributed by atoms with van der Waals surface area (Å²) in [5.74, 6) is 1.07. The van der Waals surface area contributed by atoms with Gasteiger partial charge >= 0.3 is 5.97 Å². The first-order valence-corrected chi connectivity index (χ1v) is 12.1. The zero-order valence-corrected chi connectivity index (χ0v) is 21.4. The average Bonchev–Trinajstić information content (AvgIpc) is 2.89. The lowest BCUT2D eigenvalue weighted by Gasteiger charge is -2.31. The number of unbranched alkanes of at least 4 members (excludes halogenated alkanes) is 1. The molecule has 2 aliphatic heterocycles. The molecule has 0 bridgehead atoms. The van der Waals surface area contributed by atoms with Crippen LogP contribution in [0.25, 0.3) is 0 Å². The quantitative estimate of drug-likeness (QED) is 0.234. The molecule has 0 radical (unpaired) electrons. The van der Waals surface area contributed by atoms with Crippen LogP contribution >= 0.6 is 0 Å². The maximum Gasteiger partial charge on any atom is 0.356 e. The first-order valence-electron chi connectivity index (χ1n) is 12.1. The summed E-state index contributed by atoms with van der Waals surface area (Å²) in [7, 11) is 3.11. The molecule has 9 heteroatoms. The second-order valence-corrected chi connectivity index (χ2v) is 8.11. The Morgan fingerprint density at radius 1 is 1.06 bits per heavy atom. The van der Waals surface area contributed by atoms with E-state index in [2.05, 4.69) is 23.5 Å². The van der Waals surface area contributed by atoms with Gasteiger partial charge in [0.15, 0.2) is 0 Å². The molecule has 9 nitrogen and oxygen atoms in total. The minimum absolute atomic E-state index is 0.116. The van der Waals surface area contributed by atoms with E-state index in [0.29, 0.717) is 24.6 Å². The Kier molecular flexibility index (Phi) is 11.8. The molecular formula is C26H40N4O5. The number of carbonyl (C=O) groups excluding carboxylic acids is 1. The van der Waals surface area contributed by atoms with Gasteiger partial charge in [-0.1, -0.05) is 26.3 Å². The molecule has 0 atom stereocenters. The number of methoxy groups -OCH3 is 1. The lowest BCUT2D eigenvalue weighted by Crippen LogP contribution is -2.36. The van der Waals surface area contributed by atoms with Crippen LogP contribution in [0.4, 0.5) is 11.4 Å². The SMILES string of the molecule is CCCCOc1cc(N2CCOCC2)c(OCCC)cc1N.COC(=O)/C(N)=C1\C=CC=CN1C. The van der Waals surface area contributed by atoms with Gasteiger partial charge < -0.3 is 40.2 Å². The highest BCUT2D eigenvalue weighted by atomic mass is 16.5. The Hall–Kier alpha value is -3.33. The van der Waals surface area contributed by atoms with Gasteiger partial charge in [0.2, 0.25) is 0 Å². The highest BCUT2D eigenvalue weighted by Gasteiger charge is 2.19. The van der Waals surface area contributed by atoms with Crippen LogP contribution in [0.5, 0.6) is 11.5 Å². The zero-order chi connectivity index (χ0) is 25.6. The third kappa shape index (κ3) is 8.43. The zero-order valence-electron chi connectivity index (χ0n) is 21.4. The maximum atomic E-state index is 11.1. The Labute approximate surface area is 208 Å². The number of nitrogens with zero attached hydrogens (tertiary/aromatic N) is 2. The van der Waals surface area contributed by atoms with Gasteiger partial charge in [0.1, 0.15) is 17.2 Å². The van der Waals surface area contributed by atoms with Crippen LogP contribution in [0, 0.1) is 0 Å². The average molecular weight is 489 g/mol. The van der Waals surface area contributed by atoms with Crippen molar-refractivity contribution in [2.45, 2.75) is 33.1 Å². The lowest BCUT2D eigenvalue weighted by atomic mass is 10.2. The van der Waals surface area contributed by atoms with Crippen LogP contribution in [0.1, 0.15) is 33.1 Å². The lowest BCUT2D eigenvalue weighted by molar-refractivity contribution is -0.136.